The molecule has 2 aromatic heterocycles. The van der Waals surface area contributed by atoms with Gasteiger partial charge in [0.25, 0.3) is 0 Å². The minimum absolute atomic E-state index is 0.176. The molecule has 0 fully saturated rings. The second-order valence-electron chi connectivity index (χ2n) is 6.55. The van der Waals surface area contributed by atoms with Crippen LogP contribution in [0.2, 0.25) is 5.15 Å². The summed E-state index contributed by atoms with van der Waals surface area (Å²) in [7, 11) is -0.568. The van der Waals surface area contributed by atoms with E-state index in [0.29, 0.717) is 45.9 Å². The molecule has 10 heteroatoms. The minimum Gasteiger partial charge on any atom is -0.497 e. The summed E-state index contributed by atoms with van der Waals surface area (Å²) < 4.78 is 41.9. The summed E-state index contributed by atoms with van der Waals surface area (Å²) >= 11 is 6.48. The third-order valence-corrected chi connectivity index (χ3v) is 5.99. The van der Waals surface area contributed by atoms with Crippen LogP contribution in [-0.4, -0.2) is 44.0 Å². The lowest BCUT2D eigenvalue weighted by atomic mass is 10.0. The standard InChI is InChI=1S/C19H18ClN3O5S/c1-26-12-7-11-8-13(19(20)21-18(11)17(9-12)27-2)15-10-14(16-5-4-6-28-16)22-23(15)29(3,24)25/h4-9,15H,10H2,1-3H3/t15-/m0/s1. The maximum absolute atomic E-state index is 12.4. The lowest BCUT2D eigenvalue weighted by Gasteiger charge is -2.22. The van der Waals surface area contributed by atoms with Crippen molar-refractivity contribution in [3.05, 3.63) is 53.1 Å². The minimum atomic E-state index is -3.65. The summed E-state index contributed by atoms with van der Waals surface area (Å²) in [5, 5.41) is 5.17. The van der Waals surface area contributed by atoms with E-state index in [2.05, 4.69) is 10.1 Å². The predicted octanol–water partition coefficient (Wildman–Crippen LogP) is 3.61. The number of benzene rings is 1. The van der Waals surface area contributed by atoms with Crippen molar-refractivity contribution in [3.63, 3.8) is 0 Å². The van der Waals surface area contributed by atoms with E-state index in [4.69, 9.17) is 25.5 Å². The number of rotatable bonds is 5. The van der Waals surface area contributed by atoms with E-state index in [9.17, 15) is 8.42 Å². The van der Waals surface area contributed by atoms with E-state index in [1.54, 1.807) is 37.4 Å². The van der Waals surface area contributed by atoms with Crippen molar-refractivity contribution in [1.29, 1.82) is 0 Å². The van der Waals surface area contributed by atoms with Gasteiger partial charge in [0, 0.05) is 23.4 Å². The first kappa shape index (κ1) is 19.5. The zero-order valence-corrected chi connectivity index (χ0v) is 17.5. The van der Waals surface area contributed by atoms with Gasteiger partial charge < -0.3 is 13.9 Å². The number of methoxy groups -OCH3 is 2. The fourth-order valence-corrected chi connectivity index (χ4v) is 4.51. The molecule has 1 atom stereocenters. The van der Waals surface area contributed by atoms with E-state index in [-0.39, 0.29) is 5.15 Å². The van der Waals surface area contributed by atoms with Gasteiger partial charge >= 0.3 is 0 Å². The quantitative estimate of drug-likeness (QED) is 0.568. The molecule has 3 heterocycles. The van der Waals surface area contributed by atoms with Gasteiger partial charge in [-0.05, 0) is 24.3 Å². The van der Waals surface area contributed by atoms with Gasteiger partial charge in [0.1, 0.15) is 33.6 Å². The van der Waals surface area contributed by atoms with Crippen LogP contribution in [0.5, 0.6) is 11.5 Å². The van der Waals surface area contributed by atoms with Crippen molar-refractivity contribution in [2.24, 2.45) is 5.10 Å². The van der Waals surface area contributed by atoms with Gasteiger partial charge in [-0.25, -0.2) is 13.4 Å². The van der Waals surface area contributed by atoms with E-state index >= 15 is 0 Å². The average molecular weight is 436 g/mol. The molecule has 0 aliphatic carbocycles. The molecular formula is C19H18ClN3O5S. The lowest BCUT2D eigenvalue weighted by molar-refractivity contribution is 0.374. The predicted molar refractivity (Wildman–Crippen MR) is 109 cm³/mol. The summed E-state index contributed by atoms with van der Waals surface area (Å²) in [6.07, 6.45) is 2.91. The molecule has 0 radical (unpaired) electrons. The third-order valence-electron chi connectivity index (χ3n) is 4.67. The Hall–Kier alpha value is -2.78. The van der Waals surface area contributed by atoms with Crippen LogP contribution < -0.4 is 9.47 Å². The Kier molecular flexibility index (Phi) is 4.87. The number of furan rings is 1. The molecule has 0 spiro atoms. The smallest absolute Gasteiger partial charge is 0.247 e. The number of ether oxygens (including phenoxy) is 2. The van der Waals surface area contributed by atoms with Crippen LogP contribution in [0.1, 0.15) is 23.8 Å². The van der Waals surface area contributed by atoms with E-state index in [1.165, 1.54) is 13.4 Å². The molecule has 0 bridgehead atoms. The third kappa shape index (κ3) is 3.51. The Bertz CT molecular complexity index is 1210. The Balaban J connectivity index is 1.85. The Labute approximate surface area is 172 Å². The summed E-state index contributed by atoms with van der Waals surface area (Å²) in [6.45, 7) is 0. The fourth-order valence-electron chi connectivity index (χ4n) is 3.35. The van der Waals surface area contributed by atoms with Crippen molar-refractivity contribution in [1.82, 2.24) is 9.40 Å². The highest BCUT2D eigenvalue weighted by Crippen LogP contribution is 2.40. The number of hydrazone groups is 1. The number of pyridine rings is 1. The van der Waals surface area contributed by atoms with Crippen LogP contribution in [0, 0.1) is 0 Å². The van der Waals surface area contributed by atoms with Gasteiger partial charge in [0.2, 0.25) is 10.0 Å². The van der Waals surface area contributed by atoms with Crippen molar-refractivity contribution in [2.45, 2.75) is 12.5 Å². The lowest BCUT2D eigenvalue weighted by Crippen LogP contribution is -2.26. The summed E-state index contributed by atoms with van der Waals surface area (Å²) in [4.78, 5) is 4.46. The molecule has 1 aliphatic rings. The van der Waals surface area contributed by atoms with Crippen LogP contribution in [0.3, 0.4) is 0 Å². The van der Waals surface area contributed by atoms with Crippen LogP contribution in [0.4, 0.5) is 0 Å². The number of nitrogens with zero attached hydrogens (tertiary/aromatic N) is 3. The largest absolute Gasteiger partial charge is 0.497 e. The molecule has 1 aliphatic heterocycles. The first-order valence-corrected chi connectivity index (χ1v) is 10.9. The molecule has 152 valence electrons. The molecule has 0 amide bonds. The van der Waals surface area contributed by atoms with Crippen molar-refractivity contribution >= 4 is 38.2 Å². The molecule has 4 rings (SSSR count). The maximum atomic E-state index is 12.4. The topological polar surface area (TPSA) is 94.2 Å². The number of halogens is 1. The number of aromatic nitrogens is 1. The van der Waals surface area contributed by atoms with Crippen LogP contribution >= 0.6 is 11.6 Å². The fraction of sp³-hybridized carbons (Fsp3) is 0.263. The Morgan fingerprint density at radius 1 is 1.24 bits per heavy atom. The van der Waals surface area contributed by atoms with Crippen molar-refractivity contribution in [3.8, 4) is 11.5 Å². The summed E-state index contributed by atoms with van der Waals surface area (Å²) in [5.41, 5.74) is 1.60. The van der Waals surface area contributed by atoms with E-state index in [0.717, 1.165) is 10.7 Å². The molecule has 3 aromatic rings. The molecule has 0 saturated carbocycles. The first-order chi connectivity index (χ1) is 13.8. The van der Waals surface area contributed by atoms with Crippen LogP contribution in [-0.2, 0) is 10.0 Å². The van der Waals surface area contributed by atoms with Gasteiger partial charge in [-0.1, -0.05) is 11.6 Å². The van der Waals surface area contributed by atoms with Gasteiger partial charge in [-0.15, -0.1) is 0 Å². The van der Waals surface area contributed by atoms with E-state index < -0.39 is 16.1 Å². The number of hydrogen-bond donors (Lipinski definition) is 0. The Morgan fingerprint density at radius 2 is 2.03 bits per heavy atom. The summed E-state index contributed by atoms with van der Waals surface area (Å²) in [6, 6.07) is 8.10. The van der Waals surface area contributed by atoms with Gasteiger partial charge in [0.15, 0.2) is 0 Å². The molecule has 0 N–H and O–H groups in total. The highest BCUT2D eigenvalue weighted by molar-refractivity contribution is 7.88. The van der Waals surface area contributed by atoms with Gasteiger partial charge in [-0.3, -0.25) is 0 Å². The first-order valence-electron chi connectivity index (χ1n) is 8.64. The summed E-state index contributed by atoms with van der Waals surface area (Å²) in [5.74, 6) is 1.60. The van der Waals surface area contributed by atoms with Gasteiger partial charge in [-0.2, -0.15) is 9.52 Å². The van der Waals surface area contributed by atoms with Crippen molar-refractivity contribution in [2.75, 3.05) is 20.5 Å². The van der Waals surface area contributed by atoms with Crippen LogP contribution in [0.25, 0.3) is 10.9 Å². The molecule has 29 heavy (non-hydrogen) atoms. The zero-order valence-electron chi connectivity index (χ0n) is 15.9. The highest BCUT2D eigenvalue weighted by atomic mass is 35.5. The van der Waals surface area contributed by atoms with Crippen LogP contribution in [0.15, 0.2) is 46.1 Å². The zero-order chi connectivity index (χ0) is 20.8. The maximum Gasteiger partial charge on any atom is 0.247 e. The Morgan fingerprint density at radius 3 is 2.66 bits per heavy atom. The highest BCUT2D eigenvalue weighted by Gasteiger charge is 2.37. The van der Waals surface area contributed by atoms with E-state index in [1.807, 2.05) is 0 Å². The number of hydrogen-bond acceptors (Lipinski definition) is 7. The monoisotopic (exact) mass is 435 g/mol. The number of sulfonamides is 1. The molecule has 0 unspecified atom stereocenters. The van der Waals surface area contributed by atoms with Gasteiger partial charge in [0.05, 0.1) is 32.8 Å². The second kappa shape index (κ2) is 7.23. The second-order valence-corrected chi connectivity index (χ2v) is 8.75. The van der Waals surface area contributed by atoms with Crippen molar-refractivity contribution < 1.29 is 22.3 Å². The molecule has 8 nitrogen and oxygen atoms in total. The average Bonchev–Trinajstić information content (AvgIpc) is 3.36. The molecular weight excluding hydrogens is 418 g/mol. The molecule has 1 aromatic carbocycles. The normalized spacial score (nSPS) is 16.9. The SMILES string of the molecule is COc1cc(OC)c2nc(Cl)c([C@@H]3CC(c4ccco4)=NN3S(C)(=O)=O)cc2c1. The molecule has 0 saturated heterocycles. The number of fused-ring (bicyclic) bond motifs is 1.